The van der Waals surface area contributed by atoms with Crippen LogP contribution in [0.25, 0.3) is 6.08 Å². The van der Waals surface area contributed by atoms with Crippen molar-refractivity contribution in [2.45, 2.75) is 6.92 Å². The highest BCUT2D eigenvalue weighted by atomic mass is 79.9. The maximum atomic E-state index is 13.0. The van der Waals surface area contributed by atoms with E-state index in [1.165, 1.54) is 6.08 Å². The molecule has 0 radical (unpaired) electrons. The first-order valence-corrected chi connectivity index (χ1v) is 9.74. The van der Waals surface area contributed by atoms with Crippen molar-refractivity contribution < 1.29 is 28.7 Å². The van der Waals surface area contributed by atoms with Gasteiger partial charge in [-0.25, -0.2) is 14.5 Å². The Kier molecular flexibility index (Phi) is 6.63. The number of hydrogen-bond acceptors (Lipinski definition) is 6. The molecule has 9 heteroatoms. The fourth-order valence-corrected chi connectivity index (χ4v) is 3.12. The number of para-hydroxylation sites is 1. The predicted octanol–water partition coefficient (Wildman–Crippen LogP) is 3.06. The van der Waals surface area contributed by atoms with E-state index < -0.39 is 23.8 Å². The average molecular weight is 473 g/mol. The van der Waals surface area contributed by atoms with Crippen molar-refractivity contribution >= 4 is 51.5 Å². The lowest BCUT2D eigenvalue weighted by atomic mass is 10.1. The van der Waals surface area contributed by atoms with Crippen molar-refractivity contribution in [1.82, 2.24) is 5.32 Å². The number of barbiturate groups is 1. The number of nitrogens with zero attached hydrogens (tertiary/aromatic N) is 1. The van der Waals surface area contributed by atoms with Crippen LogP contribution in [0.3, 0.4) is 0 Å². The molecule has 1 aliphatic rings. The zero-order chi connectivity index (χ0) is 21.7. The first kappa shape index (κ1) is 21.3. The van der Waals surface area contributed by atoms with Gasteiger partial charge in [-0.05, 0) is 37.3 Å². The molecule has 1 N–H and O–H groups in total. The molecule has 2 aromatic carbocycles. The molecule has 2 aromatic rings. The Bertz CT molecular complexity index is 1050. The summed E-state index contributed by atoms with van der Waals surface area (Å²) in [5.41, 5.74) is 0.447. The van der Waals surface area contributed by atoms with Gasteiger partial charge in [0.25, 0.3) is 11.8 Å². The van der Waals surface area contributed by atoms with Crippen LogP contribution in [0.4, 0.5) is 10.5 Å². The summed E-state index contributed by atoms with van der Waals surface area (Å²) in [6, 6.07) is 12.3. The van der Waals surface area contributed by atoms with Crippen molar-refractivity contribution in [3.8, 4) is 5.75 Å². The van der Waals surface area contributed by atoms with Crippen LogP contribution in [0.5, 0.6) is 5.75 Å². The lowest BCUT2D eigenvalue weighted by molar-refractivity contribution is -0.145. The van der Waals surface area contributed by atoms with Crippen LogP contribution >= 0.6 is 15.9 Å². The lowest BCUT2D eigenvalue weighted by Gasteiger charge is -2.26. The van der Waals surface area contributed by atoms with Crippen LogP contribution in [0.2, 0.25) is 0 Å². The molecular formula is C21H17BrN2O6. The maximum absolute atomic E-state index is 13.0. The van der Waals surface area contributed by atoms with E-state index in [0.29, 0.717) is 15.7 Å². The van der Waals surface area contributed by atoms with E-state index >= 15 is 0 Å². The fourth-order valence-electron chi connectivity index (χ4n) is 2.73. The Morgan fingerprint density at radius 3 is 2.63 bits per heavy atom. The second-order valence-corrected chi connectivity index (χ2v) is 6.98. The molecule has 1 fully saturated rings. The summed E-state index contributed by atoms with van der Waals surface area (Å²) in [6.45, 7) is 1.58. The number of rotatable bonds is 6. The van der Waals surface area contributed by atoms with Crippen molar-refractivity contribution in [2.24, 2.45) is 0 Å². The summed E-state index contributed by atoms with van der Waals surface area (Å²) in [5, 5.41) is 2.16. The van der Waals surface area contributed by atoms with E-state index in [-0.39, 0.29) is 24.5 Å². The van der Waals surface area contributed by atoms with Crippen molar-refractivity contribution in [2.75, 3.05) is 18.1 Å². The highest BCUT2D eigenvalue weighted by Crippen LogP contribution is 2.27. The smallest absolute Gasteiger partial charge is 0.344 e. The van der Waals surface area contributed by atoms with Gasteiger partial charge in [-0.1, -0.05) is 40.2 Å². The normalized spacial score (nSPS) is 15.2. The number of urea groups is 1. The molecule has 0 saturated carbocycles. The highest BCUT2D eigenvalue weighted by molar-refractivity contribution is 9.10. The van der Waals surface area contributed by atoms with Gasteiger partial charge < -0.3 is 9.47 Å². The first-order chi connectivity index (χ1) is 14.4. The van der Waals surface area contributed by atoms with Gasteiger partial charge in [-0.15, -0.1) is 0 Å². The topological polar surface area (TPSA) is 102 Å². The number of anilines is 1. The number of nitrogens with one attached hydrogen (secondary N) is 1. The molecule has 30 heavy (non-hydrogen) atoms. The molecule has 3 rings (SSSR count). The molecule has 8 nitrogen and oxygen atoms in total. The molecule has 0 bridgehead atoms. The second-order valence-electron chi connectivity index (χ2n) is 6.07. The second kappa shape index (κ2) is 9.36. The Labute approximate surface area is 180 Å². The zero-order valence-electron chi connectivity index (χ0n) is 15.9. The Morgan fingerprint density at radius 2 is 1.90 bits per heavy atom. The summed E-state index contributed by atoms with van der Waals surface area (Å²) >= 11 is 3.29. The van der Waals surface area contributed by atoms with Crippen LogP contribution in [0.15, 0.2) is 58.6 Å². The summed E-state index contributed by atoms with van der Waals surface area (Å²) in [5.74, 6) is -1.86. The summed E-state index contributed by atoms with van der Waals surface area (Å²) in [6.07, 6.45) is 1.32. The summed E-state index contributed by atoms with van der Waals surface area (Å²) < 4.78 is 11.0. The lowest BCUT2D eigenvalue weighted by Crippen LogP contribution is -2.54. The number of amides is 4. The van der Waals surface area contributed by atoms with E-state index in [4.69, 9.17) is 9.47 Å². The van der Waals surface area contributed by atoms with E-state index in [1.807, 2.05) is 0 Å². The van der Waals surface area contributed by atoms with Gasteiger partial charge in [0.05, 0.1) is 12.3 Å². The van der Waals surface area contributed by atoms with E-state index in [2.05, 4.69) is 21.2 Å². The van der Waals surface area contributed by atoms with Gasteiger partial charge in [0, 0.05) is 10.0 Å². The molecule has 154 valence electrons. The molecule has 4 amide bonds. The number of benzene rings is 2. The zero-order valence-corrected chi connectivity index (χ0v) is 17.5. The number of carbonyl (C=O) groups is 4. The predicted molar refractivity (Wildman–Crippen MR) is 112 cm³/mol. The maximum Gasteiger partial charge on any atom is 0.344 e. The largest absolute Gasteiger partial charge is 0.481 e. The third kappa shape index (κ3) is 4.74. The van der Waals surface area contributed by atoms with Crippen molar-refractivity contribution in [3.63, 3.8) is 0 Å². The molecular weight excluding hydrogens is 456 g/mol. The Morgan fingerprint density at radius 1 is 1.13 bits per heavy atom. The van der Waals surface area contributed by atoms with Crippen LogP contribution in [0.1, 0.15) is 12.5 Å². The van der Waals surface area contributed by atoms with Gasteiger partial charge >= 0.3 is 12.0 Å². The average Bonchev–Trinajstić information content (AvgIpc) is 2.70. The minimum Gasteiger partial charge on any atom is -0.481 e. The van der Waals surface area contributed by atoms with E-state index in [1.54, 1.807) is 55.5 Å². The molecule has 0 aromatic heterocycles. The molecule has 1 saturated heterocycles. The monoisotopic (exact) mass is 472 g/mol. The molecule has 0 aliphatic carbocycles. The van der Waals surface area contributed by atoms with Gasteiger partial charge in [-0.2, -0.15) is 0 Å². The van der Waals surface area contributed by atoms with Gasteiger partial charge in [0.2, 0.25) is 0 Å². The molecule has 0 unspecified atom stereocenters. The minimum absolute atomic E-state index is 0.224. The molecule has 1 heterocycles. The number of imide groups is 2. The Balaban J connectivity index is 1.92. The SMILES string of the molecule is CCOC(=O)COc1ccccc1C=C1C(=O)NC(=O)N(c2cccc(Br)c2)C1=O. The molecule has 1 aliphatic heterocycles. The number of carbonyl (C=O) groups excluding carboxylic acids is 4. The summed E-state index contributed by atoms with van der Waals surface area (Å²) in [4.78, 5) is 50.0. The summed E-state index contributed by atoms with van der Waals surface area (Å²) in [7, 11) is 0. The quantitative estimate of drug-likeness (QED) is 0.393. The number of halogens is 1. The number of hydrogen-bond donors (Lipinski definition) is 1. The molecule has 0 spiro atoms. The van der Waals surface area contributed by atoms with Gasteiger partial charge in [-0.3, -0.25) is 14.9 Å². The van der Waals surface area contributed by atoms with Crippen molar-refractivity contribution in [1.29, 1.82) is 0 Å². The van der Waals surface area contributed by atoms with Gasteiger partial charge in [0.15, 0.2) is 6.61 Å². The van der Waals surface area contributed by atoms with E-state index in [0.717, 1.165) is 4.90 Å². The van der Waals surface area contributed by atoms with Crippen molar-refractivity contribution in [3.05, 3.63) is 64.1 Å². The van der Waals surface area contributed by atoms with Crippen LogP contribution in [0, 0.1) is 0 Å². The van der Waals surface area contributed by atoms with Crippen LogP contribution in [-0.4, -0.2) is 37.0 Å². The minimum atomic E-state index is -0.841. The first-order valence-electron chi connectivity index (χ1n) is 8.95. The third-order valence-electron chi connectivity index (χ3n) is 4.04. The van der Waals surface area contributed by atoms with Crippen LogP contribution in [-0.2, 0) is 19.1 Å². The molecule has 0 atom stereocenters. The number of ether oxygens (including phenoxy) is 2. The number of esters is 1. The van der Waals surface area contributed by atoms with E-state index in [9.17, 15) is 19.2 Å². The highest BCUT2D eigenvalue weighted by Gasteiger charge is 2.37. The fraction of sp³-hybridized carbons (Fsp3) is 0.143. The Hall–Kier alpha value is -3.46. The standard InChI is InChI=1S/C21H17BrN2O6/c1-2-29-18(25)12-30-17-9-4-3-6-13(17)10-16-19(26)23-21(28)24(20(16)27)15-8-5-7-14(22)11-15/h3-11H,2,12H2,1H3,(H,23,26,28). The third-order valence-corrected chi connectivity index (χ3v) is 4.53. The van der Waals surface area contributed by atoms with Gasteiger partial charge in [0.1, 0.15) is 11.3 Å². The van der Waals surface area contributed by atoms with Crippen LogP contribution < -0.4 is 15.0 Å².